The molecule has 27 heavy (non-hydrogen) atoms. The van der Waals surface area contributed by atoms with E-state index in [1.807, 2.05) is 54.6 Å². The summed E-state index contributed by atoms with van der Waals surface area (Å²) in [7, 11) is 3.25. The van der Waals surface area contributed by atoms with Gasteiger partial charge in [0.25, 0.3) is 0 Å². The molecule has 2 aromatic carbocycles. The third-order valence-corrected chi connectivity index (χ3v) is 4.38. The van der Waals surface area contributed by atoms with Crippen LogP contribution in [0.5, 0.6) is 11.5 Å². The number of nitrogens with one attached hydrogen (secondary N) is 1. The number of rotatable bonds is 5. The summed E-state index contributed by atoms with van der Waals surface area (Å²) in [6.45, 7) is 1.48. The Kier molecular flexibility index (Phi) is 7.76. The van der Waals surface area contributed by atoms with Crippen molar-refractivity contribution < 1.29 is 19.0 Å². The molecular weight excluding hydrogens is 368 g/mol. The standard InChI is InChI=1S/C20H24N2O4.ClH/c1-21-20(23)22-12-13-25-18(14-22)19(15-8-4-3-5-9-15)26-17-11-7-6-10-16(17)24-2;/h3-11,18-19H,12-14H2,1-2H3,(H,21,23);1H. The minimum atomic E-state index is -0.361. The summed E-state index contributed by atoms with van der Waals surface area (Å²) in [5, 5.41) is 2.67. The molecule has 1 N–H and O–H groups in total. The van der Waals surface area contributed by atoms with Crippen molar-refractivity contribution in [2.75, 3.05) is 33.9 Å². The third-order valence-electron chi connectivity index (χ3n) is 4.38. The number of hydrogen-bond acceptors (Lipinski definition) is 4. The first-order chi connectivity index (χ1) is 12.7. The summed E-state index contributed by atoms with van der Waals surface area (Å²) in [5.41, 5.74) is 0.988. The van der Waals surface area contributed by atoms with E-state index in [4.69, 9.17) is 14.2 Å². The van der Waals surface area contributed by atoms with Gasteiger partial charge in [0, 0.05) is 13.6 Å². The van der Waals surface area contributed by atoms with E-state index < -0.39 is 0 Å². The van der Waals surface area contributed by atoms with Gasteiger partial charge in [0.15, 0.2) is 17.6 Å². The van der Waals surface area contributed by atoms with Crippen LogP contribution in [0, 0.1) is 0 Å². The molecule has 1 aliphatic heterocycles. The fraction of sp³-hybridized carbons (Fsp3) is 0.350. The lowest BCUT2D eigenvalue weighted by Crippen LogP contribution is -2.51. The molecule has 2 aromatic rings. The Morgan fingerprint density at radius 2 is 1.81 bits per heavy atom. The van der Waals surface area contributed by atoms with Crippen molar-refractivity contribution in [1.82, 2.24) is 10.2 Å². The zero-order chi connectivity index (χ0) is 18.4. The second-order valence-corrected chi connectivity index (χ2v) is 6.01. The van der Waals surface area contributed by atoms with Crippen molar-refractivity contribution in [2.24, 2.45) is 0 Å². The molecule has 2 amide bonds. The van der Waals surface area contributed by atoms with E-state index in [-0.39, 0.29) is 30.6 Å². The maximum atomic E-state index is 12.0. The summed E-state index contributed by atoms with van der Waals surface area (Å²) in [6, 6.07) is 17.3. The van der Waals surface area contributed by atoms with Crippen LogP contribution in [-0.2, 0) is 4.74 Å². The van der Waals surface area contributed by atoms with Gasteiger partial charge in [-0.1, -0.05) is 42.5 Å². The van der Waals surface area contributed by atoms with Crippen LogP contribution >= 0.6 is 12.4 Å². The van der Waals surface area contributed by atoms with Gasteiger partial charge in [-0.2, -0.15) is 0 Å². The first kappa shape index (κ1) is 20.9. The number of nitrogens with zero attached hydrogens (tertiary/aromatic N) is 1. The second kappa shape index (κ2) is 10.0. The molecule has 0 bridgehead atoms. The number of urea groups is 1. The molecule has 146 valence electrons. The summed E-state index contributed by atoms with van der Waals surface area (Å²) >= 11 is 0. The van der Waals surface area contributed by atoms with E-state index in [0.717, 1.165) is 5.56 Å². The van der Waals surface area contributed by atoms with Crippen molar-refractivity contribution in [3.05, 3.63) is 60.2 Å². The molecule has 7 heteroatoms. The molecular formula is C20H25ClN2O4. The highest BCUT2D eigenvalue weighted by molar-refractivity contribution is 5.85. The predicted octanol–water partition coefficient (Wildman–Crippen LogP) is 3.28. The van der Waals surface area contributed by atoms with Gasteiger partial charge in [-0.15, -0.1) is 12.4 Å². The fourth-order valence-electron chi connectivity index (χ4n) is 3.06. The molecule has 0 aromatic heterocycles. The van der Waals surface area contributed by atoms with Gasteiger partial charge in [-0.25, -0.2) is 4.79 Å². The van der Waals surface area contributed by atoms with Gasteiger partial charge in [-0.05, 0) is 17.7 Å². The molecule has 2 unspecified atom stereocenters. The van der Waals surface area contributed by atoms with Gasteiger partial charge >= 0.3 is 6.03 Å². The number of hydrogen-bond donors (Lipinski definition) is 1. The van der Waals surface area contributed by atoms with Crippen molar-refractivity contribution in [3.63, 3.8) is 0 Å². The number of ether oxygens (including phenoxy) is 3. The number of benzene rings is 2. The highest BCUT2D eigenvalue weighted by Gasteiger charge is 2.33. The number of halogens is 1. The summed E-state index contributed by atoms with van der Waals surface area (Å²) < 4.78 is 17.7. The molecule has 0 radical (unpaired) electrons. The molecule has 1 aliphatic rings. The Morgan fingerprint density at radius 1 is 1.15 bits per heavy atom. The molecule has 1 fully saturated rings. The molecule has 0 saturated carbocycles. The Bertz CT molecular complexity index is 729. The van der Waals surface area contributed by atoms with Gasteiger partial charge < -0.3 is 24.4 Å². The van der Waals surface area contributed by atoms with Crippen LogP contribution in [0.25, 0.3) is 0 Å². The zero-order valence-electron chi connectivity index (χ0n) is 15.5. The monoisotopic (exact) mass is 392 g/mol. The van der Waals surface area contributed by atoms with E-state index in [2.05, 4.69) is 5.32 Å². The van der Waals surface area contributed by atoms with Crippen LogP contribution in [0.15, 0.2) is 54.6 Å². The number of carbonyl (C=O) groups is 1. The molecule has 0 aliphatic carbocycles. The smallest absolute Gasteiger partial charge is 0.317 e. The minimum Gasteiger partial charge on any atom is -0.493 e. The molecule has 2 atom stereocenters. The Labute approximate surface area is 165 Å². The van der Waals surface area contributed by atoms with Crippen molar-refractivity contribution in [3.8, 4) is 11.5 Å². The highest BCUT2D eigenvalue weighted by atomic mass is 35.5. The van der Waals surface area contributed by atoms with Gasteiger partial charge in [0.05, 0.1) is 20.3 Å². The number of carbonyl (C=O) groups excluding carboxylic acids is 1. The largest absolute Gasteiger partial charge is 0.493 e. The van der Waals surface area contributed by atoms with Gasteiger partial charge in [0.1, 0.15) is 6.10 Å². The zero-order valence-corrected chi connectivity index (χ0v) is 16.3. The van der Waals surface area contributed by atoms with E-state index in [1.54, 1.807) is 19.1 Å². The highest BCUT2D eigenvalue weighted by Crippen LogP contribution is 2.34. The maximum absolute atomic E-state index is 12.0. The lowest BCUT2D eigenvalue weighted by Gasteiger charge is -2.37. The first-order valence-corrected chi connectivity index (χ1v) is 8.66. The van der Waals surface area contributed by atoms with Crippen LogP contribution in [0.1, 0.15) is 11.7 Å². The first-order valence-electron chi connectivity index (χ1n) is 8.66. The quantitative estimate of drug-likeness (QED) is 0.848. The van der Waals surface area contributed by atoms with Crippen molar-refractivity contribution in [1.29, 1.82) is 0 Å². The summed E-state index contributed by atoms with van der Waals surface area (Å²) in [4.78, 5) is 13.8. The maximum Gasteiger partial charge on any atom is 0.317 e. The Morgan fingerprint density at radius 3 is 2.48 bits per heavy atom. The Hall–Kier alpha value is -2.44. The average molecular weight is 393 g/mol. The lowest BCUT2D eigenvalue weighted by atomic mass is 10.0. The van der Waals surface area contributed by atoms with Crippen LogP contribution < -0.4 is 14.8 Å². The molecule has 3 rings (SSSR count). The van der Waals surface area contributed by atoms with E-state index >= 15 is 0 Å². The summed E-state index contributed by atoms with van der Waals surface area (Å²) in [5.74, 6) is 1.30. The van der Waals surface area contributed by atoms with Gasteiger partial charge in [0.2, 0.25) is 0 Å². The molecule has 1 heterocycles. The van der Waals surface area contributed by atoms with E-state index in [9.17, 15) is 4.79 Å². The van der Waals surface area contributed by atoms with Crippen LogP contribution in [0.2, 0.25) is 0 Å². The fourth-order valence-corrected chi connectivity index (χ4v) is 3.06. The summed E-state index contributed by atoms with van der Waals surface area (Å²) in [6.07, 6.45) is -0.645. The van der Waals surface area contributed by atoms with Crippen molar-refractivity contribution in [2.45, 2.75) is 12.2 Å². The van der Waals surface area contributed by atoms with Crippen LogP contribution in [0.4, 0.5) is 4.79 Å². The normalized spacial score (nSPS) is 17.4. The van der Waals surface area contributed by atoms with Crippen molar-refractivity contribution >= 4 is 18.4 Å². The van der Waals surface area contributed by atoms with Crippen LogP contribution in [-0.4, -0.2) is 50.9 Å². The SMILES string of the molecule is CNC(=O)N1CCOC(C(Oc2ccccc2OC)c2ccccc2)C1.Cl. The number of amides is 2. The number of morpholine rings is 1. The molecule has 0 spiro atoms. The van der Waals surface area contributed by atoms with Gasteiger partial charge in [-0.3, -0.25) is 0 Å². The average Bonchev–Trinajstić information content (AvgIpc) is 2.72. The Balaban J connectivity index is 0.00000261. The molecule has 6 nitrogen and oxygen atoms in total. The third kappa shape index (κ3) is 5.05. The second-order valence-electron chi connectivity index (χ2n) is 6.01. The number of methoxy groups -OCH3 is 1. The van der Waals surface area contributed by atoms with E-state index in [1.165, 1.54) is 0 Å². The predicted molar refractivity (Wildman–Crippen MR) is 106 cm³/mol. The molecule has 1 saturated heterocycles. The van der Waals surface area contributed by atoms with E-state index in [0.29, 0.717) is 31.2 Å². The number of para-hydroxylation sites is 2. The topological polar surface area (TPSA) is 60.0 Å². The van der Waals surface area contributed by atoms with Crippen LogP contribution in [0.3, 0.4) is 0 Å². The lowest BCUT2D eigenvalue weighted by molar-refractivity contribution is -0.0715. The minimum absolute atomic E-state index is 0.